The molecule has 0 aromatic carbocycles. The van der Waals surface area contributed by atoms with Crippen LogP contribution in [0.25, 0.3) is 0 Å². The molecule has 0 spiro atoms. The maximum atomic E-state index is 12.2. The molecular weight excluding hydrogens is 274 g/mol. The predicted molar refractivity (Wildman–Crippen MR) is 75.9 cm³/mol. The van der Waals surface area contributed by atoms with Gasteiger partial charge >= 0.3 is 0 Å². The van der Waals surface area contributed by atoms with Gasteiger partial charge in [0.25, 0.3) is 5.91 Å². The molecule has 0 radical (unpaired) electrons. The summed E-state index contributed by atoms with van der Waals surface area (Å²) in [4.78, 5) is 23.0. The van der Waals surface area contributed by atoms with Crippen molar-refractivity contribution in [3.63, 3.8) is 0 Å². The van der Waals surface area contributed by atoms with Gasteiger partial charge in [-0.2, -0.15) is 0 Å². The van der Waals surface area contributed by atoms with Gasteiger partial charge in [0, 0.05) is 38.3 Å². The van der Waals surface area contributed by atoms with Crippen molar-refractivity contribution in [1.82, 2.24) is 14.9 Å². The van der Waals surface area contributed by atoms with Gasteiger partial charge in [-0.15, -0.1) is 11.3 Å². The summed E-state index contributed by atoms with van der Waals surface area (Å²) in [5.74, 6) is 0.675. The smallest absolute Gasteiger partial charge is 0.263 e. The zero-order chi connectivity index (χ0) is 13.8. The van der Waals surface area contributed by atoms with Crippen molar-refractivity contribution in [3.05, 3.63) is 41.0 Å². The highest BCUT2D eigenvalue weighted by atomic mass is 32.1. The average Bonchev–Trinajstić information content (AvgIpc) is 3.03. The number of ether oxygens (including phenoxy) is 1. The van der Waals surface area contributed by atoms with Crippen molar-refractivity contribution in [2.24, 2.45) is 0 Å². The second kappa shape index (κ2) is 6.00. The van der Waals surface area contributed by atoms with Crippen LogP contribution in [-0.2, 0) is 0 Å². The van der Waals surface area contributed by atoms with Gasteiger partial charge in [-0.1, -0.05) is 6.07 Å². The number of carbonyl (C=O) groups excluding carboxylic acids is 1. The first-order chi connectivity index (χ1) is 9.83. The Morgan fingerprint density at radius 3 is 2.85 bits per heavy atom. The summed E-state index contributed by atoms with van der Waals surface area (Å²) in [6, 6.07) is 3.77. The first kappa shape index (κ1) is 13.1. The Hall–Kier alpha value is -1.95. The van der Waals surface area contributed by atoms with Crippen molar-refractivity contribution in [2.75, 3.05) is 13.1 Å². The molecule has 1 saturated heterocycles. The van der Waals surface area contributed by atoms with Crippen LogP contribution in [0.5, 0.6) is 5.88 Å². The van der Waals surface area contributed by atoms with Gasteiger partial charge in [0.05, 0.1) is 11.1 Å². The van der Waals surface area contributed by atoms with Crippen molar-refractivity contribution in [1.29, 1.82) is 0 Å². The van der Waals surface area contributed by atoms with Crippen molar-refractivity contribution in [2.45, 2.75) is 18.9 Å². The van der Waals surface area contributed by atoms with Gasteiger partial charge in [0.15, 0.2) is 0 Å². The monoisotopic (exact) mass is 289 g/mol. The Bertz CT molecular complexity index is 551. The van der Waals surface area contributed by atoms with Crippen molar-refractivity contribution < 1.29 is 9.53 Å². The number of rotatable bonds is 3. The van der Waals surface area contributed by atoms with Gasteiger partial charge in [0.1, 0.15) is 6.10 Å². The van der Waals surface area contributed by atoms with Crippen LogP contribution in [0.2, 0.25) is 0 Å². The lowest BCUT2D eigenvalue weighted by atomic mass is 10.1. The molecule has 1 aliphatic rings. The summed E-state index contributed by atoms with van der Waals surface area (Å²) in [5, 5.41) is 1.93. The Kier molecular flexibility index (Phi) is 3.92. The van der Waals surface area contributed by atoms with Gasteiger partial charge in [-0.05, 0) is 11.4 Å². The van der Waals surface area contributed by atoms with E-state index in [1.54, 1.807) is 18.6 Å². The van der Waals surface area contributed by atoms with Gasteiger partial charge in [0.2, 0.25) is 5.88 Å². The van der Waals surface area contributed by atoms with E-state index in [-0.39, 0.29) is 12.0 Å². The summed E-state index contributed by atoms with van der Waals surface area (Å²) < 4.78 is 5.77. The zero-order valence-electron chi connectivity index (χ0n) is 10.9. The Labute approximate surface area is 121 Å². The third kappa shape index (κ3) is 2.96. The van der Waals surface area contributed by atoms with E-state index in [0.29, 0.717) is 5.88 Å². The van der Waals surface area contributed by atoms with Gasteiger partial charge in [-0.3, -0.25) is 9.78 Å². The van der Waals surface area contributed by atoms with Crippen molar-refractivity contribution >= 4 is 17.2 Å². The topological polar surface area (TPSA) is 55.3 Å². The standard InChI is InChI=1S/C14H15N3O2S/c18-14(12-2-1-9-20-12)17-7-3-11(4-8-17)19-13-10-15-5-6-16-13/h1-2,5-6,9-11H,3-4,7-8H2. The molecule has 104 valence electrons. The number of amides is 1. The number of carbonyl (C=O) groups is 1. The van der Waals surface area contributed by atoms with E-state index in [1.807, 2.05) is 22.4 Å². The minimum atomic E-state index is 0.110. The Morgan fingerprint density at radius 1 is 1.35 bits per heavy atom. The summed E-state index contributed by atoms with van der Waals surface area (Å²) in [7, 11) is 0. The van der Waals surface area contributed by atoms with E-state index >= 15 is 0 Å². The number of aromatic nitrogens is 2. The SMILES string of the molecule is O=C(c1cccs1)N1CCC(Oc2cnccn2)CC1. The van der Waals surface area contributed by atoms with Crippen LogP contribution in [0.4, 0.5) is 0 Å². The van der Waals surface area contributed by atoms with Gasteiger partial charge < -0.3 is 9.64 Å². The molecule has 1 aliphatic heterocycles. The molecule has 1 amide bonds. The molecule has 0 aliphatic carbocycles. The summed E-state index contributed by atoms with van der Waals surface area (Å²) >= 11 is 1.49. The highest BCUT2D eigenvalue weighted by molar-refractivity contribution is 7.12. The molecule has 6 heteroatoms. The first-order valence-electron chi connectivity index (χ1n) is 6.58. The van der Waals surface area contributed by atoms with Crippen LogP contribution in [0.15, 0.2) is 36.1 Å². The van der Waals surface area contributed by atoms with Crippen LogP contribution in [0, 0.1) is 0 Å². The third-order valence-electron chi connectivity index (χ3n) is 3.29. The minimum Gasteiger partial charge on any atom is -0.473 e. The number of hydrogen-bond acceptors (Lipinski definition) is 5. The van der Waals surface area contributed by atoms with Crippen LogP contribution in [0.3, 0.4) is 0 Å². The predicted octanol–water partition coefficient (Wildman–Crippen LogP) is 2.22. The number of piperidine rings is 1. The minimum absolute atomic E-state index is 0.110. The molecule has 3 heterocycles. The molecule has 1 fully saturated rings. The van der Waals surface area contributed by atoms with E-state index in [4.69, 9.17) is 4.74 Å². The number of nitrogens with zero attached hydrogens (tertiary/aromatic N) is 3. The van der Waals surface area contributed by atoms with E-state index < -0.39 is 0 Å². The second-order valence-corrected chi connectivity index (χ2v) is 5.58. The number of thiophene rings is 1. The zero-order valence-corrected chi connectivity index (χ0v) is 11.8. The van der Waals surface area contributed by atoms with Gasteiger partial charge in [-0.25, -0.2) is 4.98 Å². The summed E-state index contributed by atoms with van der Waals surface area (Å²) in [5.41, 5.74) is 0. The third-order valence-corrected chi connectivity index (χ3v) is 4.15. The highest BCUT2D eigenvalue weighted by Gasteiger charge is 2.25. The maximum absolute atomic E-state index is 12.2. The van der Waals surface area contributed by atoms with Crippen LogP contribution < -0.4 is 4.74 Å². The van der Waals surface area contributed by atoms with Crippen molar-refractivity contribution in [3.8, 4) is 5.88 Å². The fourth-order valence-electron chi connectivity index (χ4n) is 2.25. The number of likely N-dealkylation sites (tertiary alicyclic amines) is 1. The molecule has 3 rings (SSSR count). The molecule has 0 saturated carbocycles. The fraction of sp³-hybridized carbons (Fsp3) is 0.357. The lowest BCUT2D eigenvalue weighted by molar-refractivity contribution is 0.0591. The van der Waals surface area contributed by atoms with Crippen LogP contribution in [-0.4, -0.2) is 40.0 Å². The summed E-state index contributed by atoms with van der Waals surface area (Å²) in [6.45, 7) is 1.45. The Balaban J connectivity index is 1.53. The second-order valence-electron chi connectivity index (χ2n) is 4.63. The van der Waals surface area contributed by atoms with Crippen LogP contribution >= 0.6 is 11.3 Å². The number of hydrogen-bond donors (Lipinski definition) is 0. The fourth-order valence-corrected chi connectivity index (χ4v) is 2.94. The highest BCUT2D eigenvalue weighted by Crippen LogP contribution is 2.19. The lowest BCUT2D eigenvalue weighted by Gasteiger charge is -2.31. The quantitative estimate of drug-likeness (QED) is 0.869. The van der Waals surface area contributed by atoms with E-state index in [9.17, 15) is 4.79 Å². The molecule has 20 heavy (non-hydrogen) atoms. The average molecular weight is 289 g/mol. The lowest BCUT2D eigenvalue weighted by Crippen LogP contribution is -2.41. The maximum Gasteiger partial charge on any atom is 0.263 e. The Morgan fingerprint density at radius 2 is 2.20 bits per heavy atom. The molecule has 0 unspecified atom stereocenters. The van der Waals surface area contributed by atoms with E-state index in [2.05, 4.69) is 9.97 Å². The van der Waals surface area contributed by atoms with E-state index in [0.717, 1.165) is 30.8 Å². The summed E-state index contributed by atoms with van der Waals surface area (Å²) in [6.07, 6.45) is 6.61. The first-order valence-corrected chi connectivity index (χ1v) is 7.46. The normalized spacial score (nSPS) is 16.1. The molecule has 5 nitrogen and oxygen atoms in total. The molecule has 0 atom stereocenters. The van der Waals surface area contributed by atoms with E-state index in [1.165, 1.54) is 11.3 Å². The molecule has 0 bridgehead atoms. The molecule has 2 aromatic rings. The molecular formula is C14H15N3O2S. The van der Waals surface area contributed by atoms with Crippen LogP contribution in [0.1, 0.15) is 22.5 Å². The largest absolute Gasteiger partial charge is 0.473 e. The molecule has 0 N–H and O–H groups in total. The molecule has 2 aromatic heterocycles.